The monoisotopic (exact) mass is 417 g/mol. The summed E-state index contributed by atoms with van der Waals surface area (Å²) in [7, 11) is 3.47. The van der Waals surface area contributed by atoms with E-state index in [1.54, 1.807) is 24.2 Å². The van der Waals surface area contributed by atoms with Gasteiger partial charge in [0.1, 0.15) is 41.7 Å². The summed E-state index contributed by atoms with van der Waals surface area (Å²) in [6.07, 6.45) is 3.15. The van der Waals surface area contributed by atoms with Crippen LogP contribution in [-0.2, 0) is 7.05 Å². The zero-order chi connectivity index (χ0) is 22.0. The highest BCUT2D eigenvalue weighted by Gasteiger charge is 2.15. The van der Waals surface area contributed by atoms with Crippen LogP contribution in [0.2, 0.25) is 0 Å². The van der Waals surface area contributed by atoms with Crippen LogP contribution in [0.1, 0.15) is 17.1 Å². The molecule has 0 fully saturated rings. The van der Waals surface area contributed by atoms with E-state index in [-0.39, 0.29) is 0 Å². The molecular weight excluding hydrogens is 394 g/mol. The Labute approximate surface area is 179 Å². The Morgan fingerprint density at radius 2 is 1.68 bits per heavy atom. The Balaban J connectivity index is 1.60. The number of methoxy groups -OCH3 is 1. The first-order valence-electron chi connectivity index (χ1n) is 9.65. The highest BCUT2D eigenvalue weighted by atomic mass is 16.5. The Bertz CT molecular complexity index is 1220. The third-order valence-corrected chi connectivity index (χ3v) is 4.60. The number of nitrogens with zero attached hydrogens (tertiary/aromatic N) is 7. The summed E-state index contributed by atoms with van der Waals surface area (Å²) in [5.41, 5.74) is 3.49. The van der Waals surface area contributed by atoms with Crippen LogP contribution in [0, 0.1) is 20.8 Å². The molecule has 1 aromatic carbocycles. The molecule has 2 N–H and O–H groups in total. The average Bonchev–Trinajstić information content (AvgIpc) is 3.14. The van der Waals surface area contributed by atoms with Gasteiger partial charge in [0.05, 0.1) is 12.8 Å². The molecule has 0 radical (unpaired) electrons. The third-order valence-electron chi connectivity index (χ3n) is 4.60. The van der Waals surface area contributed by atoms with Gasteiger partial charge >= 0.3 is 0 Å². The Hall–Kier alpha value is -4.08. The predicted octanol–water partition coefficient (Wildman–Crippen LogP) is 3.48. The molecule has 0 aliphatic rings. The topological polar surface area (TPSA) is 116 Å². The molecule has 0 aliphatic carbocycles. The van der Waals surface area contributed by atoms with Crippen molar-refractivity contribution in [1.29, 1.82) is 0 Å². The molecule has 10 nitrogen and oxygen atoms in total. The van der Waals surface area contributed by atoms with Gasteiger partial charge in [-0.1, -0.05) is 0 Å². The van der Waals surface area contributed by atoms with E-state index >= 15 is 0 Å². The SMILES string of the molecule is COc1c(Nc2cc(Nc3cc(C)nc(C)n3)ncn2)ccc(-c2ncn(C)n2)c1C. The van der Waals surface area contributed by atoms with Gasteiger partial charge in [-0.3, -0.25) is 4.68 Å². The van der Waals surface area contributed by atoms with Gasteiger partial charge in [0.25, 0.3) is 0 Å². The summed E-state index contributed by atoms with van der Waals surface area (Å²) in [4.78, 5) is 21.6. The van der Waals surface area contributed by atoms with E-state index in [9.17, 15) is 0 Å². The standard InChI is InChI=1S/C21H23N9O/c1-12-8-19(26-14(3)25-12)28-18-9-17(22-10-23-18)27-16-7-6-15(13(2)20(16)31-5)21-24-11-30(4)29-21/h6-11H,1-5H3,(H2,22,23,25,26,27,28). The fourth-order valence-corrected chi connectivity index (χ4v) is 3.30. The molecule has 3 heterocycles. The van der Waals surface area contributed by atoms with Gasteiger partial charge in [-0.2, -0.15) is 5.10 Å². The highest BCUT2D eigenvalue weighted by Crippen LogP contribution is 2.36. The first kappa shape index (κ1) is 20.2. The normalized spacial score (nSPS) is 10.7. The summed E-state index contributed by atoms with van der Waals surface area (Å²) in [5, 5.41) is 10.9. The van der Waals surface area contributed by atoms with Crippen molar-refractivity contribution in [3.63, 3.8) is 0 Å². The van der Waals surface area contributed by atoms with Gasteiger partial charge in [-0.25, -0.2) is 24.9 Å². The summed E-state index contributed by atoms with van der Waals surface area (Å²) in [6, 6.07) is 7.54. The zero-order valence-electron chi connectivity index (χ0n) is 18.0. The van der Waals surface area contributed by atoms with Crippen LogP contribution in [0.3, 0.4) is 0 Å². The second-order valence-electron chi connectivity index (χ2n) is 7.04. The second kappa shape index (κ2) is 8.34. The molecule has 4 aromatic rings. The van der Waals surface area contributed by atoms with Crippen LogP contribution in [0.25, 0.3) is 11.4 Å². The van der Waals surface area contributed by atoms with E-state index in [1.807, 2.05) is 46.0 Å². The van der Waals surface area contributed by atoms with Crippen LogP contribution in [-0.4, -0.2) is 41.8 Å². The van der Waals surface area contributed by atoms with E-state index in [1.165, 1.54) is 6.33 Å². The minimum atomic E-state index is 0.611. The van der Waals surface area contributed by atoms with E-state index in [4.69, 9.17) is 4.74 Å². The quantitative estimate of drug-likeness (QED) is 0.486. The fourth-order valence-electron chi connectivity index (χ4n) is 3.30. The molecular formula is C21H23N9O. The van der Waals surface area contributed by atoms with Crippen molar-refractivity contribution in [3.05, 3.63) is 54.0 Å². The van der Waals surface area contributed by atoms with E-state index < -0.39 is 0 Å². The molecule has 0 unspecified atom stereocenters. The number of ether oxygens (including phenoxy) is 1. The first-order valence-corrected chi connectivity index (χ1v) is 9.65. The lowest BCUT2D eigenvalue weighted by molar-refractivity contribution is 0.414. The van der Waals surface area contributed by atoms with Gasteiger partial charge < -0.3 is 15.4 Å². The van der Waals surface area contributed by atoms with Crippen molar-refractivity contribution in [2.45, 2.75) is 20.8 Å². The molecule has 3 aromatic heterocycles. The highest BCUT2D eigenvalue weighted by molar-refractivity contribution is 5.75. The number of benzene rings is 1. The molecule has 0 amide bonds. The van der Waals surface area contributed by atoms with Crippen molar-refractivity contribution in [2.75, 3.05) is 17.7 Å². The molecule has 10 heteroatoms. The number of hydrogen-bond donors (Lipinski definition) is 2. The van der Waals surface area contributed by atoms with Crippen molar-refractivity contribution in [2.24, 2.45) is 7.05 Å². The molecule has 158 valence electrons. The van der Waals surface area contributed by atoms with Crippen molar-refractivity contribution in [1.82, 2.24) is 34.7 Å². The minimum absolute atomic E-state index is 0.611. The Morgan fingerprint density at radius 1 is 0.903 bits per heavy atom. The summed E-state index contributed by atoms with van der Waals surface area (Å²) in [5.74, 6) is 3.93. The van der Waals surface area contributed by atoms with Gasteiger partial charge in [0.2, 0.25) is 0 Å². The van der Waals surface area contributed by atoms with Gasteiger partial charge in [0.15, 0.2) is 5.82 Å². The number of nitrogens with one attached hydrogen (secondary N) is 2. The van der Waals surface area contributed by atoms with Gasteiger partial charge in [0, 0.05) is 36.0 Å². The van der Waals surface area contributed by atoms with Gasteiger partial charge in [-0.05, 0) is 32.9 Å². The third kappa shape index (κ3) is 4.42. The lowest BCUT2D eigenvalue weighted by Crippen LogP contribution is -2.03. The largest absolute Gasteiger partial charge is 0.494 e. The first-order chi connectivity index (χ1) is 14.9. The molecule has 31 heavy (non-hydrogen) atoms. The maximum absolute atomic E-state index is 5.67. The molecule has 4 rings (SSSR count). The maximum atomic E-state index is 5.67. The lowest BCUT2D eigenvalue weighted by Gasteiger charge is -2.15. The smallest absolute Gasteiger partial charge is 0.181 e. The van der Waals surface area contributed by atoms with E-state index in [2.05, 4.69) is 40.7 Å². The minimum Gasteiger partial charge on any atom is -0.494 e. The van der Waals surface area contributed by atoms with Crippen LogP contribution in [0.4, 0.5) is 23.1 Å². The molecule has 0 aliphatic heterocycles. The number of rotatable bonds is 6. The van der Waals surface area contributed by atoms with Crippen LogP contribution in [0.5, 0.6) is 5.75 Å². The van der Waals surface area contributed by atoms with E-state index in [0.29, 0.717) is 34.9 Å². The average molecular weight is 417 g/mol. The summed E-state index contributed by atoms with van der Waals surface area (Å²) >= 11 is 0. The number of hydrogen-bond acceptors (Lipinski definition) is 9. The summed E-state index contributed by atoms with van der Waals surface area (Å²) < 4.78 is 7.34. The Morgan fingerprint density at radius 3 is 2.35 bits per heavy atom. The maximum Gasteiger partial charge on any atom is 0.181 e. The molecule has 0 saturated heterocycles. The van der Waals surface area contributed by atoms with Crippen LogP contribution in [0.15, 0.2) is 36.9 Å². The number of aryl methyl sites for hydroxylation is 3. The van der Waals surface area contributed by atoms with Crippen LogP contribution < -0.4 is 15.4 Å². The molecule has 0 atom stereocenters. The van der Waals surface area contributed by atoms with Crippen molar-refractivity contribution in [3.8, 4) is 17.1 Å². The van der Waals surface area contributed by atoms with Crippen molar-refractivity contribution < 1.29 is 4.74 Å². The molecule has 0 bridgehead atoms. The second-order valence-corrected chi connectivity index (χ2v) is 7.04. The predicted molar refractivity (Wildman–Crippen MR) is 118 cm³/mol. The number of anilines is 4. The number of aromatic nitrogens is 7. The molecule has 0 saturated carbocycles. The van der Waals surface area contributed by atoms with Crippen molar-refractivity contribution >= 4 is 23.1 Å². The summed E-state index contributed by atoms with van der Waals surface area (Å²) in [6.45, 7) is 5.75. The van der Waals surface area contributed by atoms with Crippen LogP contribution >= 0.6 is 0 Å². The molecule has 0 spiro atoms. The van der Waals surface area contributed by atoms with Gasteiger partial charge in [-0.15, -0.1) is 0 Å². The van der Waals surface area contributed by atoms with E-state index in [0.717, 1.165) is 22.5 Å². The Kier molecular flexibility index (Phi) is 5.44. The fraction of sp³-hybridized carbons (Fsp3) is 0.238. The lowest BCUT2D eigenvalue weighted by atomic mass is 10.1. The zero-order valence-corrected chi connectivity index (χ0v) is 18.0.